The Labute approximate surface area is 154 Å². The predicted octanol–water partition coefficient (Wildman–Crippen LogP) is 3.93. The van der Waals surface area contributed by atoms with E-state index >= 15 is 0 Å². The molecule has 3 aromatic rings. The number of aromatic nitrogens is 2. The highest BCUT2D eigenvalue weighted by molar-refractivity contribution is 7.18. The average molecular weight is 376 g/mol. The number of carbonyl (C=O) groups is 1. The molecule has 0 saturated carbocycles. The van der Waals surface area contributed by atoms with Crippen molar-refractivity contribution in [3.05, 3.63) is 55.9 Å². The van der Waals surface area contributed by atoms with Crippen LogP contribution in [0, 0.1) is 13.8 Å². The summed E-state index contributed by atoms with van der Waals surface area (Å²) in [4.78, 5) is 31.0. The summed E-state index contributed by atoms with van der Waals surface area (Å²) >= 11 is 7.72. The fourth-order valence-corrected chi connectivity index (χ4v) is 4.00. The first-order valence-corrected chi connectivity index (χ1v) is 9.13. The van der Waals surface area contributed by atoms with Gasteiger partial charge in [0.05, 0.1) is 22.4 Å². The Morgan fingerprint density at radius 3 is 2.76 bits per heavy atom. The van der Waals surface area contributed by atoms with Crippen molar-refractivity contribution in [3.63, 3.8) is 0 Å². The van der Waals surface area contributed by atoms with Crippen molar-refractivity contribution in [2.75, 3.05) is 5.32 Å². The maximum absolute atomic E-state index is 12.5. The maximum atomic E-state index is 12.5. The van der Waals surface area contributed by atoms with Crippen molar-refractivity contribution in [1.82, 2.24) is 9.55 Å². The minimum atomic E-state index is -0.317. The first-order chi connectivity index (χ1) is 11.9. The molecular weight excluding hydrogens is 358 g/mol. The number of hydrogen-bond donors (Lipinski definition) is 1. The van der Waals surface area contributed by atoms with Crippen LogP contribution in [-0.2, 0) is 17.8 Å². The number of halogens is 1. The molecule has 0 aliphatic rings. The Morgan fingerprint density at radius 2 is 2.08 bits per heavy atom. The van der Waals surface area contributed by atoms with Gasteiger partial charge in [-0.15, -0.1) is 11.3 Å². The summed E-state index contributed by atoms with van der Waals surface area (Å²) in [6, 6.07) is 5.59. The normalized spacial score (nSPS) is 11.0. The molecule has 0 saturated heterocycles. The second-order valence-corrected chi connectivity index (χ2v) is 7.47. The van der Waals surface area contributed by atoms with Crippen LogP contribution in [0.4, 0.5) is 5.69 Å². The molecule has 0 radical (unpaired) electrons. The lowest BCUT2D eigenvalue weighted by atomic mass is 10.1. The summed E-state index contributed by atoms with van der Waals surface area (Å²) in [5, 5.41) is 3.83. The van der Waals surface area contributed by atoms with E-state index in [-0.39, 0.29) is 18.0 Å². The third-order valence-electron chi connectivity index (χ3n) is 3.93. The van der Waals surface area contributed by atoms with Crippen LogP contribution in [0.3, 0.4) is 0 Å². The SMILES string of the molecule is CCc1cc2c(=O)n(CC(=O)Nc3c(C)cc(C)cc3Cl)cnc2s1. The number of carbonyl (C=O) groups excluding carboxylic acids is 1. The summed E-state index contributed by atoms with van der Waals surface area (Å²) in [5.74, 6) is -0.317. The van der Waals surface area contributed by atoms with Crippen LogP contribution in [0.25, 0.3) is 10.2 Å². The van der Waals surface area contributed by atoms with Gasteiger partial charge in [0.2, 0.25) is 5.91 Å². The minimum absolute atomic E-state index is 0.108. The van der Waals surface area contributed by atoms with Gasteiger partial charge in [0.15, 0.2) is 0 Å². The van der Waals surface area contributed by atoms with Crippen LogP contribution in [0.5, 0.6) is 0 Å². The summed E-state index contributed by atoms with van der Waals surface area (Å²) in [7, 11) is 0. The van der Waals surface area contributed by atoms with E-state index in [0.29, 0.717) is 20.9 Å². The summed E-state index contributed by atoms with van der Waals surface area (Å²) in [6.45, 7) is 5.75. The summed E-state index contributed by atoms with van der Waals surface area (Å²) in [5.41, 5.74) is 2.27. The van der Waals surface area contributed by atoms with E-state index < -0.39 is 0 Å². The van der Waals surface area contributed by atoms with E-state index in [1.807, 2.05) is 32.9 Å². The molecule has 0 bridgehead atoms. The number of nitrogens with zero attached hydrogens (tertiary/aromatic N) is 2. The number of anilines is 1. The van der Waals surface area contributed by atoms with Gasteiger partial charge in [-0.1, -0.05) is 24.6 Å². The van der Waals surface area contributed by atoms with E-state index in [4.69, 9.17) is 11.6 Å². The second-order valence-electron chi connectivity index (χ2n) is 5.95. The predicted molar refractivity (Wildman–Crippen MR) is 103 cm³/mol. The highest BCUT2D eigenvalue weighted by Crippen LogP contribution is 2.27. The molecule has 1 amide bonds. The first kappa shape index (κ1) is 17.6. The highest BCUT2D eigenvalue weighted by Gasteiger charge is 2.13. The molecule has 0 unspecified atom stereocenters. The molecule has 3 rings (SSSR count). The zero-order valence-corrected chi connectivity index (χ0v) is 15.8. The molecule has 0 aliphatic heterocycles. The van der Waals surface area contributed by atoms with Crippen molar-refractivity contribution < 1.29 is 4.79 Å². The van der Waals surface area contributed by atoms with Crippen molar-refractivity contribution in [2.24, 2.45) is 0 Å². The van der Waals surface area contributed by atoms with Crippen molar-refractivity contribution in [1.29, 1.82) is 0 Å². The zero-order chi connectivity index (χ0) is 18.1. The lowest BCUT2D eigenvalue weighted by Gasteiger charge is -2.12. The first-order valence-electron chi connectivity index (χ1n) is 7.93. The van der Waals surface area contributed by atoms with Gasteiger partial charge in [0.25, 0.3) is 5.56 Å². The third-order valence-corrected chi connectivity index (χ3v) is 5.41. The van der Waals surface area contributed by atoms with Gasteiger partial charge >= 0.3 is 0 Å². The molecule has 25 heavy (non-hydrogen) atoms. The van der Waals surface area contributed by atoms with E-state index in [2.05, 4.69) is 10.3 Å². The van der Waals surface area contributed by atoms with Gasteiger partial charge < -0.3 is 5.32 Å². The molecule has 0 atom stereocenters. The number of nitrogens with one attached hydrogen (secondary N) is 1. The summed E-state index contributed by atoms with van der Waals surface area (Å²) in [6.07, 6.45) is 2.27. The molecule has 5 nitrogen and oxygen atoms in total. The molecule has 0 aliphatic carbocycles. The second kappa shape index (κ2) is 6.98. The smallest absolute Gasteiger partial charge is 0.262 e. The highest BCUT2D eigenvalue weighted by atomic mass is 35.5. The fourth-order valence-electron chi connectivity index (χ4n) is 2.70. The van der Waals surface area contributed by atoms with Gasteiger partial charge in [-0.25, -0.2) is 4.98 Å². The van der Waals surface area contributed by atoms with Gasteiger partial charge in [0, 0.05) is 4.88 Å². The van der Waals surface area contributed by atoms with Crippen LogP contribution >= 0.6 is 22.9 Å². The Balaban J connectivity index is 1.85. The van der Waals surface area contributed by atoms with Gasteiger partial charge in [-0.3, -0.25) is 14.2 Å². The number of rotatable bonds is 4. The monoisotopic (exact) mass is 375 g/mol. The van der Waals surface area contributed by atoms with E-state index in [1.54, 1.807) is 6.07 Å². The van der Waals surface area contributed by atoms with Crippen LogP contribution < -0.4 is 10.9 Å². The molecule has 1 N–H and O–H groups in total. The summed E-state index contributed by atoms with van der Waals surface area (Å²) < 4.78 is 1.32. The molecule has 0 fully saturated rings. The molecule has 0 spiro atoms. The van der Waals surface area contributed by atoms with E-state index in [1.165, 1.54) is 22.2 Å². The van der Waals surface area contributed by atoms with Crippen LogP contribution in [-0.4, -0.2) is 15.5 Å². The van der Waals surface area contributed by atoms with E-state index in [9.17, 15) is 9.59 Å². The minimum Gasteiger partial charge on any atom is -0.323 e. The number of fused-ring (bicyclic) bond motifs is 1. The van der Waals surface area contributed by atoms with E-state index in [0.717, 1.165) is 22.4 Å². The topological polar surface area (TPSA) is 64.0 Å². The Hall–Kier alpha value is -2.18. The quantitative estimate of drug-likeness (QED) is 0.751. The number of hydrogen-bond acceptors (Lipinski definition) is 4. The fraction of sp³-hybridized carbons (Fsp3) is 0.278. The standard InChI is InChI=1S/C18H18ClN3O2S/c1-4-12-7-13-17(25-12)20-9-22(18(13)24)8-15(23)21-16-11(3)5-10(2)6-14(16)19/h5-7,9H,4,8H2,1-3H3,(H,21,23). The number of benzene rings is 1. The largest absolute Gasteiger partial charge is 0.323 e. The van der Waals surface area contributed by atoms with Crippen LogP contribution in [0.15, 0.2) is 29.3 Å². The van der Waals surface area contributed by atoms with Gasteiger partial charge in [-0.2, -0.15) is 0 Å². The molecular formula is C18H18ClN3O2S. The molecule has 2 heterocycles. The number of aryl methyl sites for hydroxylation is 3. The van der Waals surface area contributed by atoms with Crippen LogP contribution in [0.2, 0.25) is 5.02 Å². The molecule has 7 heteroatoms. The Morgan fingerprint density at radius 1 is 1.32 bits per heavy atom. The lowest BCUT2D eigenvalue weighted by molar-refractivity contribution is -0.116. The molecule has 1 aromatic carbocycles. The number of thiophene rings is 1. The molecule has 2 aromatic heterocycles. The Kier molecular flexibility index (Phi) is 4.92. The zero-order valence-electron chi connectivity index (χ0n) is 14.2. The lowest BCUT2D eigenvalue weighted by Crippen LogP contribution is -2.27. The van der Waals surface area contributed by atoms with Crippen molar-refractivity contribution >= 4 is 44.7 Å². The number of amides is 1. The molecule has 130 valence electrons. The van der Waals surface area contributed by atoms with Crippen molar-refractivity contribution in [2.45, 2.75) is 33.7 Å². The average Bonchev–Trinajstić information content (AvgIpc) is 2.98. The third kappa shape index (κ3) is 3.60. The maximum Gasteiger partial charge on any atom is 0.262 e. The Bertz CT molecular complexity index is 1000. The van der Waals surface area contributed by atoms with Crippen molar-refractivity contribution in [3.8, 4) is 0 Å². The van der Waals surface area contributed by atoms with Gasteiger partial charge in [-0.05, 0) is 43.5 Å². The van der Waals surface area contributed by atoms with Crippen LogP contribution in [0.1, 0.15) is 22.9 Å². The van der Waals surface area contributed by atoms with Gasteiger partial charge in [0.1, 0.15) is 11.4 Å².